The molecular formula is C15H14BrNO3. The van der Waals surface area contributed by atoms with Gasteiger partial charge in [0.25, 0.3) is 0 Å². The number of hydrogen-bond acceptors (Lipinski definition) is 2. The third-order valence-electron chi connectivity index (χ3n) is 4.18. The fraction of sp³-hybridized carbons (Fsp3) is 0.333. The molecule has 1 saturated carbocycles. The van der Waals surface area contributed by atoms with Crippen LogP contribution in [0.25, 0.3) is 0 Å². The lowest BCUT2D eigenvalue weighted by Gasteiger charge is -2.24. The molecule has 5 heteroatoms. The number of anilines is 1. The number of carboxylic acid groups (broad SMARTS) is 1. The van der Waals surface area contributed by atoms with Crippen molar-refractivity contribution in [2.45, 2.75) is 6.42 Å². The summed E-state index contributed by atoms with van der Waals surface area (Å²) in [7, 11) is 0. The summed E-state index contributed by atoms with van der Waals surface area (Å²) < 4.78 is 0.791. The molecule has 1 aromatic rings. The van der Waals surface area contributed by atoms with Gasteiger partial charge in [-0.05, 0) is 46.3 Å². The molecule has 0 aromatic heterocycles. The largest absolute Gasteiger partial charge is 0.481 e. The first-order valence-corrected chi connectivity index (χ1v) is 7.34. The van der Waals surface area contributed by atoms with Crippen molar-refractivity contribution in [1.29, 1.82) is 0 Å². The van der Waals surface area contributed by atoms with E-state index in [-0.39, 0.29) is 17.7 Å². The normalized spacial score (nSPS) is 30.4. The highest BCUT2D eigenvalue weighted by molar-refractivity contribution is 9.10. The fourth-order valence-corrected chi connectivity index (χ4v) is 3.68. The number of halogens is 1. The van der Waals surface area contributed by atoms with Crippen molar-refractivity contribution in [3.63, 3.8) is 0 Å². The van der Waals surface area contributed by atoms with Gasteiger partial charge in [0.05, 0.1) is 17.5 Å². The number of carbonyl (C=O) groups excluding carboxylic acids is 1. The van der Waals surface area contributed by atoms with Gasteiger partial charge < -0.3 is 10.4 Å². The van der Waals surface area contributed by atoms with Crippen molar-refractivity contribution < 1.29 is 14.7 Å². The summed E-state index contributed by atoms with van der Waals surface area (Å²) in [6, 6.07) is 7.32. The Bertz CT molecular complexity index is 599. The van der Waals surface area contributed by atoms with Crippen LogP contribution in [0.5, 0.6) is 0 Å². The van der Waals surface area contributed by atoms with Crippen LogP contribution in [0.15, 0.2) is 40.9 Å². The van der Waals surface area contributed by atoms with E-state index >= 15 is 0 Å². The number of rotatable bonds is 3. The average Bonchev–Trinajstić information content (AvgIpc) is 3.01. The molecule has 20 heavy (non-hydrogen) atoms. The van der Waals surface area contributed by atoms with E-state index in [9.17, 15) is 14.7 Å². The maximum absolute atomic E-state index is 12.4. The molecule has 1 fully saturated rings. The first kappa shape index (κ1) is 13.4. The summed E-state index contributed by atoms with van der Waals surface area (Å²) in [5.41, 5.74) is 0.674. The number of amides is 1. The number of aliphatic carboxylic acids is 1. The van der Waals surface area contributed by atoms with Crippen molar-refractivity contribution in [2.75, 3.05) is 5.32 Å². The van der Waals surface area contributed by atoms with E-state index in [1.54, 1.807) is 6.07 Å². The van der Waals surface area contributed by atoms with Gasteiger partial charge in [0, 0.05) is 4.47 Å². The zero-order chi connectivity index (χ0) is 14.3. The van der Waals surface area contributed by atoms with E-state index in [1.807, 2.05) is 30.4 Å². The molecule has 0 spiro atoms. The van der Waals surface area contributed by atoms with Crippen LogP contribution in [-0.4, -0.2) is 17.0 Å². The van der Waals surface area contributed by atoms with Gasteiger partial charge in [0.2, 0.25) is 5.91 Å². The first-order valence-electron chi connectivity index (χ1n) is 6.54. The molecule has 2 aliphatic carbocycles. The minimum Gasteiger partial charge on any atom is -0.481 e. The number of allylic oxidation sites excluding steroid dienone is 2. The predicted molar refractivity (Wildman–Crippen MR) is 78.1 cm³/mol. The third-order valence-corrected chi connectivity index (χ3v) is 4.87. The maximum Gasteiger partial charge on any atom is 0.307 e. The summed E-state index contributed by atoms with van der Waals surface area (Å²) >= 11 is 3.37. The molecule has 104 valence electrons. The lowest BCUT2D eigenvalue weighted by molar-refractivity contribution is -0.146. The van der Waals surface area contributed by atoms with E-state index in [0.717, 1.165) is 10.9 Å². The molecular weight excluding hydrogens is 322 g/mol. The Hall–Kier alpha value is -1.62. The zero-order valence-electron chi connectivity index (χ0n) is 10.6. The number of nitrogens with one attached hydrogen (secondary N) is 1. The number of para-hydroxylation sites is 1. The van der Waals surface area contributed by atoms with Gasteiger partial charge in [0.1, 0.15) is 0 Å². The second-order valence-electron chi connectivity index (χ2n) is 5.31. The molecule has 1 aromatic carbocycles. The van der Waals surface area contributed by atoms with Crippen molar-refractivity contribution in [3.8, 4) is 0 Å². The van der Waals surface area contributed by atoms with E-state index in [4.69, 9.17) is 0 Å². The monoisotopic (exact) mass is 335 g/mol. The van der Waals surface area contributed by atoms with Crippen LogP contribution in [0.3, 0.4) is 0 Å². The average molecular weight is 336 g/mol. The Labute approximate surface area is 125 Å². The molecule has 2 aliphatic rings. The van der Waals surface area contributed by atoms with Crippen LogP contribution >= 0.6 is 15.9 Å². The molecule has 4 atom stereocenters. The zero-order valence-corrected chi connectivity index (χ0v) is 12.2. The highest BCUT2D eigenvalue weighted by atomic mass is 79.9. The van der Waals surface area contributed by atoms with Crippen molar-refractivity contribution in [3.05, 3.63) is 40.9 Å². The van der Waals surface area contributed by atoms with Crippen molar-refractivity contribution in [2.24, 2.45) is 23.7 Å². The Morgan fingerprint density at radius 2 is 1.80 bits per heavy atom. The van der Waals surface area contributed by atoms with E-state index in [2.05, 4.69) is 21.2 Å². The molecule has 3 rings (SSSR count). The molecule has 0 heterocycles. The minimum atomic E-state index is -0.880. The van der Waals surface area contributed by atoms with Gasteiger partial charge >= 0.3 is 5.97 Å². The molecule has 0 aliphatic heterocycles. The smallest absolute Gasteiger partial charge is 0.307 e. The lowest BCUT2D eigenvalue weighted by atomic mass is 9.82. The second-order valence-corrected chi connectivity index (χ2v) is 6.16. The lowest BCUT2D eigenvalue weighted by Crippen LogP contribution is -2.36. The summed E-state index contributed by atoms with van der Waals surface area (Å²) in [5, 5.41) is 12.2. The van der Waals surface area contributed by atoms with Crippen molar-refractivity contribution in [1.82, 2.24) is 0 Å². The summed E-state index contributed by atoms with van der Waals surface area (Å²) in [4.78, 5) is 23.8. The van der Waals surface area contributed by atoms with Crippen LogP contribution < -0.4 is 5.32 Å². The fourth-order valence-electron chi connectivity index (χ4n) is 3.29. The van der Waals surface area contributed by atoms with Crippen LogP contribution in [0.2, 0.25) is 0 Å². The van der Waals surface area contributed by atoms with Crippen molar-refractivity contribution >= 4 is 33.5 Å². The second kappa shape index (κ2) is 5.05. The Kier molecular flexibility index (Phi) is 3.38. The molecule has 1 amide bonds. The Balaban J connectivity index is 1.82. The van der Waals surface area contributed by atoms with Crippen LogP contribution in [-0.2, 0) is 9.59 Å². The Morgan fingerprint density at radius 3 is 2.45 bits per heavy atom. The summed E-state index contributed by atoms with van der Waals surface area (Å²) in [6.07, 6.45) is 4.69. The number of carbonyl (C=O) groups is 2. The number of hydrogen-bond donors (Lipinski definition) is 2. The van der Waals surface area contributed by atoms with Crippen LogP contribution in [0.1, 0.15) is 6.42 Å². The van der Waals surface area contributed by atoms with E-state index < -0.39 is 17.8 Å². The quantitative estimate of drug-likeness (QED) is 0.834. The highest BCUT2D eigenvalue weighted by Gasteiger charge is 2.51. The van der Waals surface area contributed by atoms with Gasteiger partial charge in [-0.3, -0.25) is 9.59 Å². The number of fused-ring (bicyclic) bond motifs is 2. The summed E-state index contributed by atoms with van der Waals surface area (Å²) in [6.45, 7) is 0. The molecule has 0 unspecified atom stereocenters. The third kappa shape index (κ3) is 2.16. The minimum absolute atomic E-state index is 0.00698. The van der Waals surface area contributed by atoms with Gasteiger partial charge in [-0.25, -0.2) is 0 Å². The molecule has 0 radical (unpaired) electrons. The SMILES string of the molecule is O=C(O)[C@H]1[C@H](C(=O)Nc2ccccc2Br)[C@H]2C=C[C@H]1C2. The molecule has 2 bridgehead atoms. The number of carboxylic acids is 1. The van der Waals surface area contributed by atoms with Gasteiger partial charge in [0.15, 0.2) is 0 Å². The highest BCUT2D eigenvalue weighted by Crippen LogP contribution is 2.48. The van der Waals surface area contributed by atoms with Gasteiger partial charge in [-0.15, -0.1) is 0 Å². The summed E-state index contributed by atoms with van der Waals surface area (Å²) in [5.74, 6) is -2.13. The topological polar surface area (TPSA) is 66.4 Å². The molecule has 2 N–H and O–H groups in total. The molecule has 0 saturated heterocycles. The van der Waals surface area contributed by atoms with Crippen LogP contribution in [0, 0.1) is 23.7 Å². The van der Waals surface area contributed by atoms with Gasteiger partial charge in [-0.1, -0.05) is 24.3 Å². The Morgan fingerprint density at radius 1 is 1.15 bits per heavy atom. The van der Waals surface area contributed by atoms with Gasteiger partial charge in [-0.2, -0.15) is 0 Å². The number of benzene rings is 1. The maximum atomic E-state index is 12.4. The first-order chi connectivity index (χ1) is 9.58. The van der Waals surface area contributed by atoms with Crippen LogP contribution in [0.4, 0.5) is 5.69 Å². The molecule has 4 nitrogen and oxygen atoms in total. The van der Waals surface area contributed by atoms with E-state index in [1.165, 1.54) is 0 Å². The predicted octanol–water partition coefficient (Wildman–Crippen LogP) is 2.91. The van der Waals surface area contributed by atoms with E-state index in [0.29, 0.717) is 5.69 Å². The standard InChI is InChI=1S/C15H14BrNO3/c16-10-3-1-2-4-11(10)17-14(18)12-8-5-6-9(7-8)13(12)15(19)20/h1-6,8-9,12-13H,7H2,(H,17,18)(H,19,20)/t8-,9-,12+,13+/m0/s1.